The van der Waals surface area contributed by atoms with Gasteiger partial charge in [-0.2, -0.15) is 0 Å². The molecule has 0 aliphatic carbocycles. The number of carbonyl (C=O) groups excluding carboxylic acids is 2. The molecular formula is C19H20N2O2. The van der Waals surface area contributed by atoms with Crippen LogP contribution in [0.5, 0.6) is 0 Å². The molecule has 2 amide bonds. The number of para-hydroxylation sites is 1. The molecule has 0 bridgehead atoms. The predicted octanol–water partition coefficient (Wildman–Crippen LogP) is 2.82. The van der Waals surface area contributed by atoms with E-state index >= 15 is 0 Å². The number of benzene rings is 2. The third-order valence-corrected chi connectivity index (χ3v) is 3.34. The van der Waals surface area contributed by atoms with Crippen LogP contribution in [0.25, 0.3) is 6.08 Å². The van der Waals surface area contributed by atoms with Gasteiger partial charge in [-0.25, -0.2) is 0 Å². The molecule has 0 saturated heterocycles. The van der Waals surface area contributed by atoms with Gasteiger partial charge in [0.1, 0.15) is 6.54 Å². The number of carbonyl (C=O) groups is 2. The molecule has 0 heterocycles. The van der Waals surface area contributed by atoms with Crippen LogP contribution in [0.2, 0.25) is 0 Å². The van der Waals surface area contributed by atoms with E-state index in [2.05, 4.69) is 0 Å². The smallest absolute Gasteiger partial charge is 0.251 e. The van der Waals surface area contributed by atoms with Crippen molar-refractivity contribution in [2.75, 3.05) is 25.5 Å². The minimum absolute atomic E-state index is 0.00891. The first kappa shape index (κ1) is 16.5. The Balaban J connectivity index is 2.21. The average molecular weight is 308 g/mol. The maximum atomic E-state index is 12.5. The Morgan fingerprint density at radius 2 is 1.48 bits per heavy atom. The van der Waals surface area contributed by atoms with Gasteiger partial charge in [0.2, 0.25) is 5.91 Å². The second-order valence-corrected chi connectivity index (χ2v) is 5.29. The molecule has 2 aromatic carbocycles. The second-order valence-electron chi connectivity index (χ2n) is 5.29. The van der Waals surface area contributed by atoms with E-state index in [1.165, 1.54) is 15.9 Å². The second kappa shape index (κ2) is 7.94. The van der Waals surface area contributed by atoms with Crippen LogP contribution in [0.3, 0.4) is 0 Å². The van der Waals surface area contributed by atoms with E-state index in [-0.39, 0.29) is 18.4 Å². The average Bonchev–Trinajstić information content (AvgIpc) is 2.59. The Morgan fingerprint density at radius 1 is 0.913 bits per heavy atom. The summed E-state index contributed by atoms with van der Waals surface area (Å²) in [4.78, 5) is 27.5. The monoisotopic (exact) mass is 308 g/mol. The summed E-state index contributed by atoms with van der Waals surface area (Å²) in [7, 11) is 3.35. The van der Waals surface area contributed by atoms with E-state index in [1.54, 1.807) is 20.2 Å². The summed E-state index contributed by atoms with van der Waals surface area (Å²) in [6.45, 7) is 0.00891. The molecule has 0 N–H and O–H groups in total. The van der Waals surface area contributed by atoms with Gasteiger partial charge in [0, 0.05) is 25.9 Å². The summed E-state index contributed by atoms with van der Waals surface area (Å²) in [5.74, 6) is -0.356. The summed E-state index contributed by atoms with van der Waals surface area (Å²) in [5, 5.41) is 0. The number of rotatable bonds is 5. The quantitative estimate of drug-likeness (QED) is 0.797. The van der Waals surface area contributed by atoms with Gasteiger partial charge >= 0.3 is 0 Å². The van der Waals surface area contributed by atoms with Crippen molar-refractivity contribution in [3.05, 3.63) is 72.3 Å². The van der Waals surface area contributed by atoms with Gasteiger partial charge in [0.25, 0.3) is 5.91 Å². The van der Waals surface area contributed by atoms with Gasteiger partial charge in [-0.1, -0.05) is 48.5 Å². The van der Waals surface area contributed by atoms with Gasteiger partial charge in [0.05, 0.1) is 0 Å². The minimum Gasteiger partial charge on any atom is -0.347 e. The largest absolute Gasteiger partial charge is 0.347 e. The van der Waals surface area contributed by atoms with Crippen LogP contribution in [-0.2, 0) is 9.59 Å². The van der Waals surface area contributed by atoms with Crippen molar-refractivity contribution in [3.8, 4) is 0 Å². The maximum Gasteiger partial charge on any atom is 0.251 e. The van der Waals surface area contributed by atoms with E-state index in [4.69, 9.17) is 0 Å². The number of likely N-dealkylation sites (N-methyl/N-ethyl adjacent to an activating group) is 1. The van der Waals surface area contributed by atoms with Crippen LogP contribution in [0.1, 0.15) is 5.56 Å². The molecule has 0 fully saturated rings. The number of anilines is 1. The Labute approximate surface area is 136 Å². The zero-order valence-electron chi connectivity index (χ0n) is 13.3. The molecule has 2 aromatic rings. The van der Waals surface area contributed by atoms with E-state index < -0.39 is 0 Å². The highest BCUT2D eigenvalue weighted by molar-refractivity contribution is 6.06. The summed E-state index contributed by atoms with van der Waals surface area (Å²) in [5.41, 5.74) is 1.64. The van der Waals surface area contributed by atoms with Crippen LogP contribution in [0, 0.1) is 0 Å². The molecule has 0 unspecified atom stereocenters. The molecule has 0 aliphatic heterocycles. The van der Waals surface area contributed by atoms with E-state index in [9.17, 15) is 9.59 Å². The van der Waals surface area contributed by atoms with Crippen molar-refractivity contribution in [1.82, 2.24) is 4.90 Å². The lowest BCUT2D eigenvalue weighted by Gasteiger charge is -2.22. The standard InChI is InChI=1S/C19H20N2O2/c1-20(2)19(23)15-21(17-11-7-4-8-12-17)18(22)14-13-16-9-5-3-6-10-16/h3-14H,15H2,1-2H3. The molecule has 0 aliphatic rings. The zero-order chi connectivity index (χ0) is 16.7. The zero-order valence-corrected chi connectivity index (χ0v) is 13.3. The third kappa shape index (κ3) is 4.81. The first-order chi connectivity index (χ1) is 11.1. The van der Waals surface area contributed by atoms with Gasteiger partial charge < -0.3 is 4.90 Å². The van der Waals surface area contributed by atoms with Crippen molar-refractivity contribution in [2.24, 2.45) is 0 Å². The fourth-order valence-corrected chi connectivity index (χ4v) is 2.00. The normalized spacial score (nSPS) is 10.5. The molecule has 23 heavy (non-hydrogen) atoms. The molecule has 0 aromatic heterocycles. The van der Waals surface area contributed by atoms with Crippen molar-refractivity contribution < 1.29 is 9.59 Å². The maximum absolute atomic E-state index is 12.5. The molecule has 0 spiro atoms. The molecule has 0 saturated carbocycles. The Kier molecular flexibility index (Phi) is 5.69. The lowest BCUT2D eigenvalue weighted by atomic mass is 10.2. The molecular weight excluding hydrogens is 288 g/mol. The molecule has 0 radical (unpaired) electrons. The lowest BCUT2D eigenvalue weighted by molar-refractivity contribution is -0.128. The fourth-order valence-electron chi connectivity index (χ4n) is 2.00. The molecule has 4 heteroatoms. The fraction of sp³-hybridized carbons (Fsp3) is 0.158. The Hall–Kier alpha value is -2.88. The number of nitrogens with zero attached hydrogens (tertiary/aromatic N) is 2. The van der Waals surface area contributed by atoms with Gasteiger partial charge in [-0.3, -0.25) is 14.5 Å². The van der Waals surface area contributed by atoms with Crippen molar-refractivity contribution in [1.29, 1.82) is 0 Å². The number of hydrogen-bond acceptors (Lipinski definition) is 2. The third-order valence-electron chi connectivity index (χ3n) is 3.34. The number of amides is 2. The lowest BCUT2D eigenvalue weighted by Crippen LogP contribution is -2.39. The highest BCUT2D eigenvalue weighted by Gasteiger charge is 2.17. The van der Waals surface area contributed by atoms with Gasteiger partial charge in [-0.15, -0.1) is 0 Å². The van der Waals surface area contributed by atoms with E-state index in [0.29, 0.717) is 5.69 Å². The van der Waals surface area contributed by atoms with Crippen LogP contribution >= 0.6 is 0 Å². The Bertz CT molecular complexity index is 679. The summed E-state index contributed by atoms with van der Waals surface area (Å²) in [6.07, 6.45) is 3.24. The van der Waals surface area contributed by atoms with Crippen LogP contribution in [0.4, 0.5) is 5.69 Å². The van der Waals surface area contributed by atoms with Gasteiger partial charge in [0.15, 0.2) is 0 Å². The van der Waals surface area contributed by atoms with E-state index in [1.807, 2.05) is 60.7 Å². The van der Waals surface area contributed by atoms with E-state index in [0.717, 1.165) is 5.56 Å². The molecule has 4 nitrogen and oxygen atoms in total. The number of hydrogen-bond donors (Lipinski definition) is 0. The summed E-state index contributed by atoms with van der Waals surface area (Å²) < 4.78 is 0. The summed E-state index contributed by atoms with van der Waals surface area (Å²) >= 11 is 0. The van der Waals surface area contributed by atoms with Crippen molar-refractivity contribution >= 4 is 23.6 Å². The highest BCUT2D eigenvalue weighted by Crippen LogP contribution is 2.14. The Morgan fingerprint density at radius 3 is 2.04 bits per heavy atom. The van der Waals surface area contributed by atoms with Crippen LogP contribution in [-0.4, -0.2) is 37.4 Å². The van der Waals surface area contributed by atoms with Crippen molar-refractivity contribution in [2.45, 2.75) is 0 Å². The molecule has 0 atom stereocenters. The van der Waals surface area contributed by atoms with Crippen molar-refractivity contribution in [3.63, 3.8) is 0 Å². The minimum atomic E-state index is -0.227. The van der Waals surface area contributed by atoms with Gasteiger partial charge in [-0.05, 0) is 23.8 Å². The first-order valence-electron chi connectivity index (χ1n) is 7.38. The highest BCUT2D eigenvalue weighted by atomic mass is 16.2. The predicted molar refractivity (Wildman–Crippen MR) is 93.0 cm³/mol. The SMILES string of the molecule is CN(C)C(=O)CN(C(=O)C=Cc1ccccc1)c1ccccc1. The van der Waals surface area contributed by atoms with Crippen LogP contribution in [0.15, 0.2) is 66.7 Å². The van der Waals surface area contributed by atoms with Crippen LogP contribution < -0.4 is 4.90 Å². The summed E-state index contributed by atoms with van der Waals surface area (Å²) in [6, 6.07) is 18.8. The molecule has 2 rings (SSSR count). The topological polar surface area (TPSA) is 40.6 Å². The first-order valence-corrected chi connectivity index (χ1v) is 7.38. The molecule has 118 valence electrons.